The van der Waals surface area contributed by atoms with Gasteiger partial charge in [0.2, 0.25) is 0 Å². The van der Waals surface area contributed by atoms with Crippen molar-refractivity contribution in [3.8, 4) is 16.8 Å². The Labute approximate surface area is 198 Å². The van der Waals surface area contributed by atoms with Gasteiger partial charge >= 0.3 is 0 Å². The van der Waals surface area contributed by atoms with E-state index < -0.39 is 0 Å². The molecule has 162 valence electrons. The second-order valence-corrected chi connectivity index (χ2v) is 9.36. The first-order valence-corrected chi connectivity index (χ1v) is 11.8. The molecule has 7 rings (SSSR count). The van der Waals surface area contributed by atoms with Crippen molar-refractivity contribution in [1.29, 1.82) is 0 Å². The van der Waals surface area contributed by atoms with Crippen LogP contribution in [0.2, 0.25) is 0 Å². The first-order chi connectivity index (χ1) is 16.7. The molecule has 1 N–H and O–H groups in total. The first-order valence-electron chi connectivity index (χ1n) is 11.8. The number of benzene rings is 5. The number of H-pyrrole nitrogens is 1. The highest BCUT2D eigenvalue weighted by molar-refractivity contribution is 6.12. The Morgan fingerprint density at radius 3 is 2.03 bits per heavy atom. The van der Waals surface area contributed by atoms with Crippen LogP contribution in [0.25, 0.3) is 60.4 Å². The Hall–Kier alpha value is -4.30. The number of aryl methyl sites for hydroxylation is 2. The molecule has 34 heavy (non-hydrogen) atoms. The molecular formula is C32H24N2. The molecule has 2 nitrogen and oxygen atoms in total. The molecule has 0 unspecified atom stereocenters. The molecule has 2 aromatic heterocycles. The molecule has 0 aliphatic rings. The van der Waals surface area contributed by atoms with E-state index in [-0.39, 0.29) is 0 Å². The maximum Gasteiger partial charge on any atom is 0.0541 e. The minimum absolute atomic E-state index is 1.18. The Morgan fingerprint density at radius 2 is 1.18 bits per heavy atom. The summed E-state index contributed by atoms with van der Waals surface area (Å²) >= 11 is 0. The Balaban J connectivity index is 1.49. The monoisotopic (exact) mass is 436 g/mol. The lowest BCUT2D eigenvalue weighted by atomic mass is 10.0. The van der Waals surface area contributed by atoms with Gasteiger partial charge in [0.25, 0.3) is 0 Å². The highest BCUT2D eigenvalue weighted by atomic mass is 15.0. The fraction of sp³-hybridized carbons (Fsp3) is 0.0625. The third kappa shape index (κ3) is 2.82. The molecule has 0 radical (unpaired) electrons. The van der Waals surface area contributed by atoms with E-state index in [9.17, 15) is 0 Å². The topological polar surface area (TPSA) is 20.7 Å². The molecule has 0 bridgehead atoms. The molecule has 5 aromatic carbocycles. The zero-order valence-electron chi connectivity index (χ0n) is 19.3. The van der Waals surface area contributed by atoms with Crippen molar-refractivity contribution in [2.24, 2.45) is 0 Å². The van der Waals surface area contributed by atoms with Crippen molar-refractivity contribution in [2.75, 3.05) is 0 Å². The highest BCUT2D eigenvalue weighted by Crippen LogP contribution is 2.37. The minimum Gasteiger partial charge on any atom is -0.355 e. The third-order valence-electron chi connectivity index (χ3n) is 7.02. The summed E-state index contributed by atoms with van der Waals surface area (Å²) in [4.78, 5) is 3.54. The predicted octanol–water partition coefficient (Wildman–Crippen LogP) is 8.70. The van der Waals surface area contributed by atoms with Gasteiger partial charge in [0.15, 0.2) is 0 Å². The van der Waals surface area contributed by atoms with Crippen LogP contribution in [0.3, 0.4) is 0 Å². The van der Waals surface area contributed by atoms with Crippen molar-refractivity contribution < 1.29 is 0 Å². The zero-order chi connectivity index (χ0) is 22.8. The van der Waals surface area contributed by atoms with Gasteiger partial charge in [-0.25, -0.2) is 0 Å². The standard InChI is InChI=1S/C32H24N2/c1-20-6-5-7-24(16-20)34-31-14-10-21(2)17-27(31)28-19-23(12-15-32(28)34)22-11-13-30-26(18-22)25-8-3-4-9-29(25)33-30/h3-19,33H,1-2H3. The van der Waals surface area contributed by atoms with Crippen LogP contribution < -0.4 is 0 Å². The normalized spacial score (nSPS) is 11.8. The maximum absolute atomic E-state index is 3.54. The summed E-state index contributed by atoms with van der Waals surface area (Å²) in [7, 11) is 0. The molecule has 0 saturated carbocycles. The van der Waals surface area contributed by atoms with Gasteiger partial charge in [0, 0.05) is 38.3 Å². The lowest BCUT2D eigenvalue weighted by molar-refractivity contribution is 1.17. The second-order valence-electron chi connectivity index (χ2n) is 9.36. The molecule has 0 atom stereocenters. The number of aromatic nitrogens is 2. The van der Waals surface area contributed by atoms with Gasteiger partial charge in [-0.15, -0.1) is 0 Å². The molecule has 0 amide bonds. The number of nitrogens with one attached hydrogen (secondary N) is 1. The Morgan fingerprint density at radius 1 is 0.500 bits per heavy atom. The quantitative estimate of drug-likeness (QED) is 0.280. The van der Waals surface area contributed by atoms with E-state index in [1.54, 1.807) is 0 Å². The van der Waals surface area contributed by atoms with Gasteiger partial charge in [-0.1, -0.05) is 54.1 Å². The van der Waals surface area contributed by atoms with Crippen molar-refractivity contribution in [3.05, 3.63) is 114 Å². The molecular weight excluding hydrogens is 412 g/mol. The molecule has 0 spiro atoms. The molecule has 0 fully saturated rings. The fourth-order valence-corrected chi connectivity index (χ4v) is 5.39. The SMILES string of the molecule is Cc1cccc(-n2c3ccc(C)cc3c3cc(-c4ccc5[nH]c6ccccc6c5c4)ccc32)c1. The molecule has 0 aliphatic carbocycles. The summed E-state index contributed by atoms with van der Waals surface area (Å²) in [5.74, 6) is 0. The summed E-state index contributed by atoms with van der Waals surface area (Å²) in [5, 5.41) is 5.13. The van der Waals surface area contributed by atoms with Crippen LogP contribution in [0.1, 0.15) is 11.1 Å². The Bertz CT molecular complexity index is 1880. The average Bonchev–Trinajstić information content (AvgIpc) is 3.38. The van der Waals surface area contributed by atoms with Crippen molar-refractivity contribution >= 4 is 43.6 Å². The number of hydrogen-bond acceptors (Lipinski definition) is 0. The van der Waals surface area contributed by atoms with Gasteiger partial charge in [-0.3, -0.25) is 0 Å². The lowest BCUT2D eigenvalue weighted by Gasteiger charge is -2.09. The summed E-state index contributed by atoms with van der Waals surface area (Å²) in [6, 6.07) is 37.7. The van der Waals surface area contributed by atoms with Crippen LogP contribution in [0.5, 0.6) is 0 Å². The third-order valence-corrected chi connectivity index (χ3v) is 7.02. The second kappa shape index (κ2) is 7.10. The average molecular weight is 437 g/mol. The van der Waals surface area contributed by atoms with Gasteiger partial charge in [-0.2, -0.15) is 0 Å². The molecule has 0 saturated heterocycles. The van der Waals surface area contributed by atoms with Crippen LogP contribution in [-0.2, 0) is 0 Å². The van der Waals surface area contributed by atoms with Gasteiger partial charge in [0.05, 0.1) is 11.0 Å². The number of para-hydroxylation sites is 1. The number of nitrogens with zero attached hydrogens (tertiary/aromatic N) is 1. The fourth-order valence-electron chi connectivity index (χ4n) is 5.39. The minimum atomic E-state index is 1.18. The van der Waals surface area contributed by atoms with E-state index in [4.69, 9.17) is 0 Å². The largest absolute Gasteiger partial charge is 0.355 e. The van der Waals surface area contributed by atoms with Crippen molar-refractivity contribution in [3.63, 3.8) is 0 Å². The molecule has 7 aromatic rings. The van der Waals surface area contributed by atoms with Crippen LogP contribution in [0, 0.1) is 13.8 Å². The predicted molar refractivity (Wildman–Crippen MR) is 145 cm³/mol. The van der Waals surface area contributed by atoms with Crippen molar-refractivity contribution in [1.82, 2.24) is 9.55 Å². The van der Waals surface area contributed by atoms with Crippen LogP contribution in [-0.4, -0.2) is 9.55 Å². The zero-order valence-corrected chi connectivity index (χ0v) is 19.3. The molecule has 2 heterocycles. The lowest BCUT2D eigenvalue weighted by Crippen LogP contribution is -1.94. The number of rotatable bonds is 2. The number of hydrogen-bond donors (Lipinski definition) is 1. The number of fused-ring (bicyclic) bond motifs is 6. The highest BCUT2D eigenvalue weighted by Gasteiger charge is 2.14. The van der Waals surface area contributed by atoms with E-state index in [0.717, 1.165) is 0 Å². The summed E-state index contributed by atoms with van der Waals surface area (Å²) in [6.07, 6.45) is 0. The van der Waals surface area contributed by atoms with Gasteiger partial charge in [-0.05, 0) is 85.1 Å². The van der Waals surface area contributed by atoms with Gasteiger partial charge in [0.1, 0.15) is 0 Å². The molecule has 2 heteroatoms. The summed E-state index contributed by atoms with van der Waals surface area (Å²) in [5.41, 5.74) is 11.1. The van der Waals surface area contributed by atoms with Gasteiger partial charge < -0.3 is 9.55 Å². The van der Waals surface area contributed by atoms with Crippen molar-refractivity contribution in [2.45, 2.75) is 13.8 Å². The van der Waals surface area contributed by atoms with E-state index in [2.05, 4.69) is 127 Å². The number of aromatic amines is 1. The van der Waals surface area contributed by atoms with Crippen LogP contribution >= 0.6 is 0 Å². The van der Waals surface area contributed by atoms with E-state index in [1.807, 2.05) is 0 Å². The Kier molecular flexibility index (Phi) is 4.01. The summed E-state index contributed by atoms with van der Waals surface area (Å²) < 4.78 is 2.39. The molecule has 0 aliphatic heterocycles. The first kappa shape index (κ1) is 19.2. The van der Waals surface area contributed by atoms with E-state index >= 15 is 0 Å². The smallest absolute Gasteiger partial charge is 0.0541 e. The van der Waals surface area contributed by atoms with E-state index in [1.165, 1.54) is 71.6 Å². The van der Waals surface area contributed by atoms with Crippen LogP contribution in [0.4, 0.5) is 0 Å². The van der Waals surface area contributed by atoms with Crippen LogP contribution in [0.15, 0.2) is 103 Å². The van der Waals surface area contributed by atoms with E-state index in [0.29, 0.717) is 0 Å². The summed E-state index contributed by atoms with van der Waals surface area (Å²) in [6.45, 7) is 4.32. The maximum atomic E-state index is 3.54.